The number of aryl methyl sites for hydroxylation is 2. The molecule has 3 unspecified atom stereocenters. The molecule has 0 bridgehead atoms. The number of benzene rings is 1. The molecule has 3 rings (SSSR count). The predicted molar refractivity (Wildman–Crippen MR) is 82.9 cm³/mol. The van der Waals surface area contributed by atoms with Gasteiger partial charge in [-0.1, -0.05) is 11.6 Å². The molecule has 1 aromatic rings. The molecule has 1 fully saturated rings. The average molecular weight is 323 g/mol. The van der Waals surface area contributed by atoms with Crippen LogP contribution in [0, 0.1) is 19.8 Å². The Morgan fingerprint density at radius 3 is 2.64 bits per heavy atom. The molecule has 3 atom stereocenters. The van der Waals surface area contributed by atoms with Gasteiger partial charge in [0, 0.05) is 11.4 Å². The van der Waals surface area contributed by atoms with Crippen LogP contribution in [0.2, 0.25) is 5.02 Å². The first-order chi connectivity index (χ1) is 10.5. The second kappa shape index (κ2) is 5.94. The zero-order chi connectivity index (χ0) is 15.9. The first kappa shape index (κ1) is 15.4. The molecule has 1 N–H and O–H groups in total. The van der Waals surface area contributed by atoms with Crippen LogP contribution in [0.25, 0.3) is 0 Å². The molecule has 1 saturated carbocycles. The number of fused-ring (bicyclic) bond motifs is 1. The van der Waals surface area contributed by atoms with Gasteiger partial charge in [-0.25, -0.2) is 0 Å². The highest BCUT2D eigenvalue weighted by molar-refractivity contribution is 6.32. The fourth-order valence-corrected chi connectivity index (χ4v) is 3.22. The summed E-state index contributed by atoms with van der Waals surface area (Å²) in [6.07, 6.45) is 2.51. The SMILES string of the molecule is Cc1cc(OC2=COC3CC(O)CCC3C2=O)cc(C)c1Cl. The van der Waals surface area contributed by atoms with Crippen LogP contribution in [-0.4, -0.2) is 23.1 Å². The van der Waals surface area contributed by atoms with E-state index < -0.39 is 0 Å². The van der Waals surface area contributed by atoms with Crippen LogP contribution < -0.4 is 4.74 Å². The van der Waals surface area contributed by atoms with Gasteiger partial charge < -0.3 is 14.6 Å². The Labute approximate surface area is 134 Å². The predicted octanol–water partition coefficient (Wildman–Crippen LogP) is 3.31. The third kappa shape index (κ3) is 2.85. The molecule has 1 heterocycles. The van der Waals surface area contributed by atoms with Gasteiger partial charge in [-0.15, -0.1) is 0 Å². The number of ketones is 1. The fourth-order valence-electron chi connectivity index (χ4n) is 3.11. The highest BCUT2D eigenvalue weighted by atomic mass is 35.5. The lowest BCUT2D eigenvalue weighted by Crippen LogP contribution is -2.41. The van der Waals surface area contributed by atoms with Crippen molar-refractivity contribution in [2.45, 2.75) is 45.3 Å². The van der Waals surface area contributed by atoms with Gasteiger partial charge in [-0.3, -0.25) is 4.79 Å². The largest absolute Gasteiger partial charge is 0.493 e. The number of aliphatic hydroxyl groups is 1. The highest BCUT2D eigenvalue weighted by Crippen LogP contribution is 2.34. The van der Waals surface area contributed by atoms with Crippen molar-refractivity contribution in [3.63, 3.8) is 0 Å². The Morgan fingerprint density at radius 1 is 1.27 bits per heavy atom. The summed E-state index contributed by atoms with van der Waals surface area (Å²) < 4.78 is 11.3. The van der Waals surface area contributed by atoms with Crippen LogP contribution in [0.3, 0.4) is 0 Å². The standard InChI is InChI=1S/C17H19ClO4/c1-9-5-12(6-10(2)16(9)18)22-15-8-21-14-7-11(19)3-4-13(14)17(15)20/h5-6,8,11,13-14,19H,3-4,7H2,1-2H3. The summed E-state index contributed by atoms with van der Waals surface area (Å²) in [6.45, 7) is 3.79. The highest BCUT2D eigenvalue weighted by Gasteiger charge is 2.40. The number of aliphatic hydroxyl groups excluding tert-OH is 1. The number of hydrogen-bond donors (Lipinski definition) is 1. The molecule has 1 aliphatic heterocycles. The zero-order valence-corrected chi connectivity index (χ0v) is 13.4. The van der Waals surface area contributed by atoms with Gasteiger partial charge in [-0.2, -0.15) is 0 Å². The summed E-state index contributed by atoms with van der Waals surface area (Å²) in [4.78, 5) is 12.5. The van der Waals surface area contributed by atoms with E-state index in [-0.39, 0.29) is 29.7 Å². The molecule has 1 aliphatic carbocycles. The van der Waals surface area contributed by atoms with E-state index in [1.165, 1.54) is 6.26 Å². The molecule has 5 heteroatoms. The monoisotopic (exact) mass is 322 g/mol. The van der Waals surface area contributed by atoms with Crippen molar-refractivity contribution in [2.24, 2.45) is 5.92 Å². The Hall–Kier alpha value is -1.52. The number of halogens is 1. The molecule has 22 heavy (non-hydrogen) atoms. The number of rotatable bonds is 2. The summed E-state index contributed by atoms with van der Waals surface area (Å²) in [6, 6.07) is 3.61. The maximum Gasteiger partial charge on any atom is 0.207 e. The molecule has 0 saturated heterocycles. The van der Waals surface area contributed by atoms with Crippen molar-refractivity contribution in [2.75, 3.05) is 0 Å². The van der Waals surface area contributed by atoms with E-state index >= 15 is 0 Å². The number of ether oxygens (including phenoxy) is 2. The summed E-state index contributed by atoms with van der Waals surface area (Å²) in [5.41, 5.74) is 1.81. The van der Waals surface area contributed by atoms with Crippen molar-refractivity contribution in [1.29, 1.82) is 0 Å². The average Bonchev–Trinajstić information content (AvgIpc) is 2.47. The quantitative estimate of drug-likeness (QED) is 0.907. The van der Waals surface area contributed by atoms with Crippen molar-refractivity contribution in [1.82, 2.24) is 0 Å². The third-order valence-electron chi connectivity index (χ3n) is 4.33. The lowest BCUT2D eigenvalue weighted by atomic mass is 9.80. The van der Waals surface area contributed by atoms with E-state index in [1.807, 2.05) is 13.8 Å². The number of carbonyl (C=O) groups is 1. The van der Waals surface area contributed by atoms with E-state index in [0.717, 1.165) is 11.1 Å². The van der Waals surface area contributed by atoms with E-state index in [2.05, 4.69) is 0 Å². The fraction of sp³-hybridized carbons (Fsp3) is 0.471. The van der Waals surface area contributed by atoms with Crippen LogP contribution >= 0.6 is 11.6 Å². The Kier molecular flexibility index (Phi) is 4.15. The minimum atomic E-state index is -0.383. The van der Waals surface area contributed by atoms with Crippen LogP contribution in [0.4, 0.5) is 0 Å². The number of carbonyl (C=O) groups excluding carboxylic acids is 1. The Balaban J connectivity index is 1.80. The lowest BCUT2D eigenvalue weighted by Gasteiger charge is -2.35. The van der Waals surface area contributed by atoms with E-state index in [4.69, 9.17) is 21.1 Å². The minimum Gasteiger partial charge on any atom is -0.493 e. The Morgan fingerprint density at radius 2 is 1.95 bits per heavy atom. The summed E-state index contributed by atoms with van der Waals surface area (Å²) in [5.74, 6) is 0.530. The van der Waals surface area contributed by atoms with Crippen molar-refractivity contribution >= 4 is 17.4 Å². The lowest BCUT2D eigenvalue weighted by molar-refractivity contribution is -0.132. The molecule has 4 nitrogen and oxygen atoms in total. The smallest absolute Gasteiger partial charge is 0.207 e. The molecule has 0 radical (unpaired) electrons. The van der Waals surface area contributed by atoms with Gasteiger partial charge in [0.2, 0.25) is 11.5 Å². The summed E-state index contributed by atoms with van der Waals surface area (Å²) in [7, 11) is 0. The van der Waals surface area contributed by atoms with Crippen molar-refractivity contribution < 1.29 is 19.4 Å². The third-order valence-corrected chi connectivity index (χ3v) is 4.93. The number of allylic oxidation sites excluding steroid dienone is 1. The van der Waals surface area contributed by atoms with Gasteiger partial charge in [0.15, 0.2) is 0 Å². The molecular formula is C17H19ClO4. The number of Topliss-reactive ketones (excluding diaryl/α,β-unsaturated/α-hetero) is 1. The van der Waals surface area contributed by atoms with Crippen molar-refractivity contribution in [3.8, 4) is 5.75 Å². The zero-order valence-electron chi connectivity index (χ0n) is 12.6. The van der Waals surface area contributed by atoms with Crippen LogP contribution in [0.1, 0.15) is 30.4 Å². The minimum absolute atomic E-state index is 0.0478. The molecule has 118 valence electrons. The van der Waals surface area contributed by atoms with Crippen LogP contribution in [-0.2, 0) is 9.53 Å². The molecule has 0 aromatic heterocycles. The first-order valence-corrected chi connectivity index (χ1v) is 7.86. The molecular weight excluding hydrogens is 304 g/mol. The van der Waals surface area contributed by atoms with Gasteiger partial charge in [0.25, 0.3) is 0 Å². The second-order valence-electron chi connectivity index (χ2n) is 6.07. The summed E-state index contributed by atoms with van der Waals surface area (Å²) >= 11 is 6.14. The molecule has 0 spiro atoms. The van der Waals surface area contributed by atoms with E-state index in [0.29, 0.717) is 30.0 Å². The van der Waals surface area contributed by atoms with Gasteiger partial charge >= 0.3 is 0 Å². The topological polar surface area (TPSA) is 55.8 Å². The van der Waals surface area contributed by atoms with E-state index in [1.54, 1.807) is 12.1 Å². The maximum atomic E-state index is 12.5. The molecule has 2 aliphatic rings. The van der Waals surface area contributed by atoms with Gasteiger partial charge in [-0.05, 0) is 49.9 Å². The van der Waals surface area contributed by atoms with Crippen LogP contribution in [0.15, 0.2) is 24.2 Å². The van der Waals surface area contributed by atoms with Gasteiger partial charge in [0.05, 0.1) is 12.0 Å². The molecule has 0 amide bonds. The Bertz CT molecular complexity index is 615. The number of hydrogen-bond acceptors (Lipinski definition) is 4. The van der Waals surface area contributed by atoms with Crippen LogP contribution in [0.5, 0.6) is 5.75 Å². The first-order valence-electron chi connectivity index (χ1n) is 7.48. The van der Waals surface area contributed by atoms with Crippen molar-refractivity contribution in [3.05, 3.63) is 40.3 Å². The van der Waals surface area contributed by atoms with E-state index in [9.17, 15) is 9.90 Å². The summed E-state index contributed by atoms with van der Waals surface area (Å²) in [5, 5.41) is 10.4. The van der Waals surface area contributed by atoms with Gasteiger partial charge in [0.1, 0.15) is 18.1 Å². The maximum absolute atomic E-state index is 12.5. The molecule has 1 aromatic carbocycles. The second-order valence-corrected chi connectivity index (χ2v) is 6.45. The normalized spacial score (nSPS) is 27.7.